The average Bonchev–Trinajstić information content (AvgIpc) is 3.40. The van der Waals surface area contributed by atoms with Gasteiger partial charge in [-0.2, -0.15) is 0 Å². The molecule has 2 unspecified atom stereocenters. The lowest BCUT2D eigenvalue weighted by Crippen LogP contribution is -2.47. The largest absolute Gasteiger partial charge is 0.369 e. The molecule has 2 atom stereocenters. The first kappa shape index (κ1) is 19.4. The molecule has 1 aliphatic carbocycles. The van der Waals surface area contributed by atoms with Crippen LogP contribution in [0.1, 0.15) is 62.0 Å². The van der Waals surface area contributed by atoms with E-state index in [0.717, 1.165) is 36.2 Å². The Morgan fingerprint density at radius 1 is 1.03 bits per heavy atom. The maximum Gasteiger partial charge on any atom is 0.232 e. The minimum Gasteiger partial charge on any atom is -0.369 e. The van der Waals surface area contributed by atoms with Crippen LogP contribution in [0.25, 0.3) is 0 Å². The highest BCUT2D eigenvalue weighted by atomic mass is 16.1. The molecular formula is C25H29N3O. The molecule has 1 aliphatic rings. The second-order valence-electron chi connectivity index (χ2n) is 8.42. The van der Waals surface area contributed by atoms with Gasteiger partial charge in [-0.1, -0.05) is 74.5 Å². The third-order valence-electron chi connectivity index (χ3n) is 6.47. The summed E-state index contributed by atoms with van der Waals surface area (Å²) in [5, 5.41) is 0. The summed E-state index contributed by atoms with van der Waals surface area (Å²) in [6.07, 6.45) is 6.85. The molecule has 4 nitrogen and oxygen atoms in total. The van der Waals surface area contributed by atoms with E-state index in [-0.39, 0.29) is 11.8 Å². The molecule has 3 aromatic rings. The number of aromatic nitrogens is 2. The molecule has 0 spiro atoms. The maximum atomic E-state index is 13.2. The van der Waals surface area contributed by atoms with Crippen LogP contribution >= 0.6 is 0 Å². The van der Waals surface area contributed by atoms with Crippen molar-refractivity contribution in [1.29, 1.82) is 0 Å². The van der Waals surface area contributed by atoms with Crippen LogP contribution in [0.4, 0.5) is 0 Å². The molecule has 4 heteroatoms. The Morgan fingerprint density at radius 3 is 2.14 bits per heavy atom. The zero-order valence-electron chi connectivity index (χ0n) is 17.2. The number of nitrogens with zero attached hydrogens (tertiary/aromatic N) is 2. The molecule has 1 aromatic heterocycles. The van der Waals surface area contributed by atoms with Crippen molar-refractivity contribution in [2.45, 2.75) is 50.5 Å². The van der Waals surface area contributed by atoms with Crippen molar-refractivity contribution in [3.63, 3.8) is 0 Å². The number of hydrogen-bond acceptors (Lipinski definition) is 2. The lowest BCUT2D eigenvalue weighted by molar-refractivity contribution is -0.123. The zero-order chi connectivity index (χ0) is 20.4. The van der Waals surface area contributed by atoms with Gasteiger partial charge in [-0.05, 0) is 36.3 Å². The van der Waals surface area contributed by atoms with Crippen molar-refractivity contribution in [1.82, 2.24) is 9.55 Å². The van der Waals surface area contributed by atoms with Gasteiger partial charge in [0, 0.05) is 24.4 Å². The lowest BCUT2D eigenvalue weighted by atomic mass is 9.64. The van der Waals surface area contributed by atoms with Gasteiger partial charge in [0.1, 0.15) is 11.2 Å². The first-order valence-corrected chi connectivity index (χ1v) is 10.5. The van der Waals surface area contributed by atoms with E-state index in [1.54, 1.807) is 0 Å². The van der Waals surface area contributed by atoms with Gasteiger partial charge in [-0.3, -0.25) is 4.79 Å². The summed E-state index contributed by atoms with van der Waals surface area (Å²) in [5.74, 6) is 1.35. The molecular weight excluding hydrogens is 358 g/mol. The summed E-state index contributed by atoms with van der Waals surface area (Å²) in [5.41, 5.74) is 7.35. The van der Waals surface area contributed by atoms with E-state index >= 15 is 0 Å². The summed E-state index contributed by atoms with van der Waals surface area (Å²) in [7, 11) is 0. The fraction of sp³-hybridized carbons (Fsp3) is 0.360. The number of hydrogen-bond donors (Lipinski definition) is 1. The van der Waals surface area contributed by atoms with E-state index in [2.05, 4.69) is 29.6 Å². The summed E-state index contributed by atoms with van der Waals surface area (Å²) in [6.45, 7) is 4.35. The lowest BCUT2D eigenvalue weighted by Gasteiger charge is -2.38. The Balaban J connectivity index is 1.79. The van der Waals surface area contributed by atoms with Crippen LogP contribution in [0.5, 0.6) is 0 Å². The summed E-state index contributed by atoms with van der Waals surface area (Å²) < 4.78 is 2.31. The van der Waals surface area contributed by atoms with E-state index in [1.807, 2.05) is 66.9 Å². The molecule has 150 valence electrons. The SMILES string of the molecule is CC(C)c1nccn1C1CCC(C(C(N)=O)(c2ccccc2)c2ccccc2)C1. The topological polar surface area (TPSA) is 60.9 Å². The molecule has 0 aliphatic heterocycles. The zero-order valence-corrected chi connectivity index (χ0v) is 17.2. The van der Waals surface area contributed by atoms with Gasteiger partial charge in [0.15, 0.2) is 0 Å². The highest BCUT2D eigenvalue weighted by Gasteiger charge is 2.50. The molecule has 0 bridgehead atoms. The molecule has 2 aromatic carbocycles. The van der Waals surface area contributed by atoms with Crippen LogP contribution in [-0.2, 0) is 10.2 Å². The second-order valence-corrected chi connectivity index (χ2v) is 8.42. The minimum atomic E-state index is -0.824. The number of rotatable bonds is 6. The average molecular weight is 388 g/mol. The van der Waals surface area contributed by atoms with Gasteiger partial charge < -0.3 is 10.3 Å². The van der Waals surface area contributed by atoms with E-state index in [1.165, 1.54) is 0 Å². The highest BCUT2D eigenvalue weighted by molar-refractivity contribution is 5.91. The second kappa shape index (κ2) is 7.86. The van der Waals surface area contributed by atoms with Crippen molar-refractivity contribution in [3.8, 4) is 0 Å². The number of carbonyl (C=O) groups is 1. The molecule has 1 saturated carbocycles. The number of imidazole rings is 1. The molecule has 2 N–H and O–H groups in total. The third-order valence-corrected chi connectivity index (χ3v) is 6.47. The van der Waals surface area contributed by atoms with Crippen LogP contribution < -0.4 is 5.73 Å². The first-order valence-electron chi connectivity index (χ1n) is 10.5. The van der Waals surface area contributed by atoms with Crippen molar-refractivity contribution in [3.05, 3.63) is 90.0 Å². The van der Waals surface area contributed by atoms with Crippen LogP contribution in [-0.4, -0.2) is 15.5 Å². The number of primary amides is 1. The first-order chi connectivity index (χ1) is 14.0. The van der Waals surface area contributed by atoms with E-state index in [0.29, 0.717) is 12.0 Å². The highest BCUT2D eigenvalue weighted by Crippen LogP contribution is 2.50. The number of nitrogens with two attached hydrogens (primary N) is 1. The van der Waals surface area contributed by atoms with Crippen molar-refractivity contribution in [2.75, 3.05) is 0 Å². The normalized spacial score (nSPS) is 19.6. The standard InChI is InChI=1S/C25H29N3O/c1-18(2)23-27-15-16-28(23)22-14-13-21(17-22)25(24(26)29,19-9-5-3-6-10-19)20-11-7-4-8-12-20/h3-12,15-16,18,21-22H,13-14,17H2,1-2H3,(H2,26,29). The molecule has 0 radical (unpaired) electrons. The van der Waals surface area contributed by atoms with Gasteiger partial charge >= 0.3 is 0 Å². The Kier molecular flexibility index (Phi) is 5.27. The van der Waals surface area contributed by atoms with Gasteiger partial charge in [0.2, 0.25) is 5.91 Å². The predicted molar refractivity (Wildman–Crippen MR) is 116 cm³/mol. The van der Waals surface area contributed by atoms with E-state index in [9.17, 15) is 4.79 Å². The molecule has 1 amide bonds. The van der Waals surface area contributed by atoms with Gasteiger partial charge in [-0.15, -0.1) is 0 Å². The summed E-state index contributed by atoms with van der Waals surface area (Å²) in [6, 6.07) is 20.5. The monoisotopic (exact) mass is 387 g/mol. The van der Waals surface area contributed by atoms with Gasteiger partial charge in [0.25, 0.3) is 0 Å². The Bertz CT molecular complexity index is 923. The van der Waals surface area contributed by atoms with E-state index in [4.69, 9.17) is 5.73 Å². The Hall–Kier alpha value is -2.88. The van der Waals surface area contributed by atoms with Gasteiger partial charge in [0.05, 0.1) is 0 Å². The number of benzene rings is 2. The smallest absolute Gasteiger partial charge is 0.232 e. The third kappa shape index (κ3) is 3.27. The van der Waals surface area contributed by atoms with Crippen LogP contribution in [0.3, 0.4) is 0 Å². The molecule has 0 saturated heterocycles. The minimum absolute atomic E-state index is 0.136. The molecule has 1 fully saturated rings. The Labute approximate surface area is 172 Å². The Morgan fingerprint density at radius 2 is 1.62 bits per heavy atom. The van der Waals surface area contributed by atoms with Crippen molar-refractivity contribution in [2.24, 2.45) is 11.7 Å². The summed E-state index contributed by atoms with van der Waals surface area (Å²) >= 11 is 0. The fourth-order valence-corrected chi connectivity index (χ4v) is 5.21. The molecule has 1 heterocycles. The molecule has 29 heavy (non-hydrogen) atoms. The van der Waals surface area contributed by atoms with Crippen LogP contribution in [0.2, 0.25) is 0 Å². The fourth-order valence-electron chi connectivity index (χ4n) is 5.21. The van der Waals surface area contributed by atoms with E-state index < -0.39 is 5.41 Å². The van der Waals surface area contributed by atoms with Crippen LogP contribution in [0.15, 0.2) is 73.1 Å². The molecule has 4 rings (SSSR count). The van der Waals surface area contributed by atoms with Crippen LogP contribution in [0, 0.1) is 5.92 Å². The number of carbonyl (C=O) groups excluding carboxylic acids is 1. The maximum absolute atomic E-state index is 13.2. The predicted octanol–water partition coefficient (Wildman–Crippen LogP) is 4.82. The van der Waals surface area contributed by atoms with Gasteiger partial charge in [-0.25, -0.2) is 4.98 Å². The quantitative estimate of drug-likeness (QED) is 0.659. The van der Waals surface area contributed by atoms with Crippen molar-refractivity contribution < 1.29 is 4.79 Å². The summed E-state index contributed by atoms with van der Waals surface area (Å²) in [4.78, 5) is 17.8. The number of amides is 1. The van der Waals surface area contributed by atoms with Crippen molar-refractivity contribution >= 4 is 5.91 Å².